The highest BCUT2D eigenvalue weighted by atomic mass is 35.5. The van der Waals surface area contributed by atoms with Crippen LogP contribution in [0.15, 0.2) is 41.2 Å². The second-order valence-corrected chi connectivity index (χ2v) is 8.63. The zero-order valence-corrected chi connectivity index (χ0v) is 19.1. The monoisotopic (exact) mass is 482 g/mol. The van der Waals surface area contributed by atoms with Crippen LogP contribution in [0, 0.1) is 6.92 Å². The van der Waals surface area contributed by atoms with Gasteiger partial charge in [-0.25, -0.2) is 14.5 Å². The minimum absolute atomic E-state index is 0.162. The van der Waals surface area contributed by atoms with Crippen molar-refractivity contribution in [2.45, 2.75) is 44.8 Å². The summed E-state index contributed by atoms with van der Waals surface area (Å²) in [7, 11) is 0. The standard InChI is InChI=1S/C22H23ClN8O3/c1-12-8-20(30-34-12)28-16-10-19(26-13-2-4-15(32)5-3-13)29-31-17(11-25-21(16)31)22(33)27-14-6-7-24-18(23)9-14/h6-11,13,15,32H,2-5H2,1H3,(H,26,29)(H,28,30)(H,24,27,33). The number of fused-ring (bicyclic) bond motifs is 1. The van der Waals surface area contributed by atoms with Crippen LogP contribution in [0.25, 0.3) is 5.65 Å². The summed E-state index contributed by atoms with van der Waals surface area (Å²) in [6.45, 7) is 1.80. The molecule has 4 N–H and O–H groups in total. The number of pyridine rings is 1. The van der Waals surface area contributed by atoms with Crippen molar-refractivity contribution in [3.05, 3.63) is 53.3 Å². The minimum Gasteiger partial charge on any atom is -0.393 e. The van der Waals surface area contributed by atoms with Crippen LogP contribution in [0.3, 0.4) is 0 Å². The molecule has 0 aliphatic heterocycles. The maximum atomic E-state index is 13.0. The Morgan fingerprint density at radius 2 is 2.00 bits per heavy atom. The molecule has 5 rings (SSSR count). The van der Waals surface area contributed by atoms with Crippen molar-refractivity contribution in [2.24, 2.45) is 0 Å². The molecule has 0 saturated heterocycles. The molecule has 1 fully saturated rings. The third kappa shape index (κ3) is 4.80. The summed E-state index contributed by atoms with van der Waals surface area (Å²) in [6.07, 6.45) is 5.83. The summed E-state index contributed by atoms with van der Waals surface area (Å²) in [6, 6.07) is 6.94. The van der Waals surface area contributed by atoms with Gasteiger partial charge in [0.05, 0.1) is 18.0 Å². The zero-order chi connectivity index (χ0) is 23.7. The Kier molecular flexibility index (Phi) is 6.03. The van der Waals surface area contributed by atoms with Crippen molar-refractivity contribution in [3.8, 4) is 0 Å². The number of imidazole rings is 1. The Morgan fingerprint density at radius 1 is 1.18 bits per heavy atom. The summed E-state index contributed by atoms with van der Waals surface area (Å²) in [4.78, 5) is 21.4. The molecule has 4 aromatic heterocycles. The van der Waals surface area contributed by atoms with Gasteiger partial charge in [0.15, 0.2) is 17.2 Å². The lowest BCUT2D eigenvalue weighted by atomic mass is 9.93. The zero-order valence-electron chi connectivity index (χ0n) is 18.3. The van der Waals surface area contributed by atoms with Gasteiger partial charge in [0.2, 0.25) is 0 Å². The maximum Gasteiger partial charge on any atom is 0.276 e. The molecule has 0 atom stereocenters. The molecular weight excluding hydrogens is 460 g/mol. The first kappa shape index (κ1) is 22.1. The van der Waals surface area contributed by atoms with Gasteiger partial charge in [-0.1, -0.05) is 16.8 Å². The summed E-state index contributed by atoms with van der Waals surface area (Å²) in [5.41, 5.74) is 1.80. The number of anilines is 4. The van der Waals surface area contributed by atoms with Gasteiger partial charge in [-0.2, -0.15) is 0 Å². The topological polar surface area (TPSA) is 142 Å². The van der Waals surface area contributed by atoms with Gasteiger partial charge in [0.1, 0.15) is 16.7 Å². The molecule has 0 bridgehead atoms. The normalized spacial score (nSPS) is 18.1. The Labute approximate surface area is 199 Å². The lowest BCUT2D eigenvalue weighted by Crippen LogP contribution is -2.29. The lowest BCUT2D eigenvalue weighted by Gasteiger charge is -2.26. The van der Waals surface area contributed by atoms with Crippen molar-refractivity contribution >= 4 is 46.2 Å². The van der Waals surface area contributed by atoms with E-state index >= 15 is 0 Å². The molecule has 0 aromatic carbocycles. The maximum absolute atomic E-state index is 13.0. The minimum atomic E-state index is -0.400. The van der Waals surface area contributed by atoms with E-state index in [4.69, 9.17) is 16.1 Å². The van der Waals surface area contributed by atoms with Gasteiger partial charge in [0.25, 0.3) is 5.91 Å². The van der Waals surface area contributed by atoms with E-state index in [2.05, 4.69) is 36.2 Å². The number of nitrogens with zero attached hydrogens (tertiary/aromatic N) is 5. The number of aliphatic hydroxyl groups excluding tert-OH is 1. The molecule has 176 valence electrons. The number of hydrogen-bond donors (Lipinski definition) is 4. The fourth-order valence-corrected chi connectivity index (χ4v) is 4.13. The molecule has 1 amide bonds. The van der Waals surface area contributed by atoms with Gasteiger partial charge in [-0.3, -0.25) is 4.79 Å². The molecule has 0 spiro atoms. The van der Waals surface area contributed by atoms with E-state index in [1.54, 1.807) is 25.1 Å². The van der Waals surface area contributed by atoms with Crippen LogP contribution in [0.2, 0.25) is 5.15 Å². The van der Waals surface area contributed by atoms with E-state index in [1.165, 1.54) is 16.9 Å². The number of amides is 1. The van der Waals surface area contributed by atoms with Crippen molar-refractivity contribution in [1.82, 2.24) is 24.7 Å². The highest BCUT2D eigenvalue weighted by molar-refractivity contribution is 6.29. The van der Waals surface area contributed by atoms with Gasteiger partial charge in [-0.05, 0) is 44.7 Å². The molecule has 1 saturated carbocycles. The van der Waals surface area contributed by atoms with Crippen molar-refractivity contribution in [1.29, 1.82) is 0 Å². The van der Waals surface area contributed by atoms with E-state index in [1.807, 2.05) is 6.07 Å². The van der Waals surface area contributed by atoms with E-state index in [-0.39, 0.29) is 23.0 Å². The average Bonchev–Trinajstić information content (AvgIpc) is 3.41. The summed E-state index contributed by atoms with van der Waals surface area (Å²) >= 11 is 5.93. The molecule has 12 heteroatoms. The lowest BCUT2D eigenvalue weighted by molar-refractivity contribution is 0.102. The number of hydrogen-bond acceptors (Lipinski definition) is 9. The van der Waals surface area contributed by atoms with Crippen molar-refractivity contribution in [3.63, 3.8) is 0 Å². The van der Waals surface area contributed by atoms with Crippen LogP contribution in [0.5, 0.6) is 0 Å². The van der Waals surface area contributed by atoms with Crippen LogP contribution in [0.4, 0.5) is 23.0 Å². The number of aromatic nitrogens is 5. The first-order valence-electron chi connectivity index (χ1n) is 10.9. The fourth-order valence-electron chi connectivity index (χ4n) is 3.95. The van der Waals surface area contributed by atoms with Gasteiger partial charge in [-0.15, -0.1) is 5.10 Å². The Balaban J connectivity index is 1.49. The van der Waals surface area contributed by atoms with Crippen molar-refractivity contribution in [2.75, 3.05) is 16.0 Å². The van der Waals surface area contributed by atoms with Gasteiger partial charge in [0, 0.05) is 30.1 Å². The molecule has 34 heavy (non-hydrogen) atoms. The van der Waals surface area contributed by atoms with Crippen LogP contribution in [-0.4, -0.2) is 47.9 Å². The van der Waals surface area contributed by atoms with E-state index in [0.717, 1.165) is 25.7 Å². The van der Waals surface area contributed by atoms with Gasteiger partial charge < -0.3 is 25.6 Å². The fraction of sp³-hybridized carbons (Fsp3) is 0.318. The summed E-state index contributed by atoms with van der Waals surface area (Å²) in [5, 5.41) is 28.1. The smallest absolute Gasteiger partial charge is 0.276 e. The third-order valence-electron chi connectivity index (χ3n) is 5.62. The molecule has 4 aromatic rings. The Hall–Kier alpha value is -3.70. The van der Waals surface area contributed by atoms with Crippen LogP contribution < -0.4 is 16.0 Å². The Morgan fingerprint density at radius 3 is 2.74 bits per heavy atom. The molecule has 1 aliphatic carbocycles. The molecule has 1 aliphatic rings. The first-order valence-corrected chi connectivity index (χ1v) is 11.3. The first-order chi connectivity index (χ1) is 16.4. The number of halogens is 1. The predicted molar refractivity (Wildman–Crippen MR) is 127 cm³/mol. The van der Waals surface area contributed by atoms with E-state index in [9.17, 15) is 9.90 Å². The molecule has 4 heterocycles. The number of rotatable bonds is 6. The predicted octanol–water partition coefficient (Wildman–Crippen LogP) is 3.79. The second-order valence-electron chi connectivity index (χ2n) is 8.24. The number of aryl methyl sites for hydroxylation is 1. The van der Waals surface area contributed by atoms with E-state index in [0.29, 0.717) is 34.4 Å². The number of aliphatic hydroxyl groups is 1. The average molecular weight is 483 g/mol. The second kappa shape index (κ2) is 9.27. The van der Waals surface area contributed by atoms with Crippen LogP contribution in [0.1, 0.15) is 41.9 Å². The largest absolute Gasteiger partial charge is 0.393 e. The highest BCUT2D eigenvalue weighted by Gasteiger charge is 2.22. The third-order valence-corrected chi connectivity index (χ3v) is 5.83. The quantitative estimate of drug-likeness (QED) is 0.302. The summed E-state index contributed by atoms with van der Waals surface area (Å²) < 4.78 is 6.63. The SMILES string of the molecule is Cc1cc(Nc2cc(NC3CCC(O)CC3)nn3c(C(=O)Nc4ccnc(Cl)c4)cnc23)no1. The van der Waals surface area contributed by atoms with E-state index < -0.39 is 5.91 Å². The van der Waals surface area contributed by atoms with Crippen LogP contribution >= 0.6 is 11.6 Å². The highest BCUT2D eigenvalue weighted by Crippen LogP contribution is 2.27. The molecule has 11 nitrogen and oxygen atoms in total. The molecular formula is C22H23ClN8O3. The number of carbonyl (C=O) groups is 1. The molecule has 0 radical (unpaired) electrons. The van der Waals surface area contributed by atoms with Gasteiger partial charge >= 0.3 is 0 Å². The molecule has 0 unspecified atom stereocenters. The van der Waals surface area contributed by atoms with Crippen LogP contribution in [-0.2, 0) is 0 Å². The Bertz CT molecular complexity index is 1330. The number of carbonyl (C=O) groups excluding carboxylic acids is 1. The summed E-state index contributed by atoms with van der Waals surface area (Å²) in [5.74, 6) is 1.34. The number of nitrogens with one attached hydrogen (secondary N) is 3. The van der Waals surface area contributed by atoms with Crippen molar-refractivity contribution < 1.29 is 14.4 Å².